The van der Waals surface area contributed by atoms with Crippen LogP contribution >= 0.6 is 0 Å². The van der Waals surface area contributed by atoms with E-state index in [1.165, 1.54) is 0 Å². The summed E-state index contributed by atoms with van der Waals surface area (Å²) >= 11 is 0. The van der Waals surface area contributed by atoms with E-state index < -0.39 is 0 Å². The van der Waals surface area contributed by atoms with E-state index in [4.69, 9.17) is 4.42 Å². The number of hydrogen-bond donors (Lipinski definition) is 1. The van der Waals surface area contributed by atoms with E-state index in [-0.39, 0.29) is 0 Å². The zero-order valence-corrected chi connectivity index (χ0v) is 11.8. The van der Waals surface area contributed by atoms with Crippen molar-refractivity contribution in [3.63, 3.8) is 0 Å². The Bertz CT molecular complexity index is 364. The average Bonchev–Trinajstić information content (AvgIpc) is 2.73. The summed E-state index contributed by atoms with van der Waals surface area (Å²) in [5, 5.41) is 3.58. The summed E-state index contributed by atoms with van der Waals surface area (Å²) in [7, 11) is 4.38. The third-order valence-corrected chi connectivity index (χ3v) is 3.53. The third-order valence-electron chi connectivity index (χ3n) is 3.53. The van der Waals surface area contributed by atoms with E-state index in [9.17, 15) is 0 Å². The summed E-state index contributed by atoms with van der Waals surface area (Å²) in [5.41, 5.74) is 0. The van der Waals surface area contributed by atoms with Gasteiger partial charge in [-0.1, -0.05) is 0 Å². The molecule has 1 aliphatic rings. The largest absolute Gasteiger partial charge is 0.466 e. The zero-order valence-electron chi connectivity index (χ0n) is 11.8. The van der Waals surface area contributed by atoms with Crippen molar-refractivity contribution < 1.29 is 4.42 Å². The molecule has 1 saturated heterocycles. The first-order valence-electron chi connectivity index (χ1n) is 6.79. The van der Waals surface area contributed by atoms with Gasteiger partial charge in [-0.05, 0) is 33.2 Å². The Morgan fingerprint density at radius 1 is 1.50 bits per heavy atom. The molecule has 102 valence electrons. The van der Waals surface area contributed by atoms with E-state index in [2.05, 4.69) is 35.3 Å². The Kier molecular flexibility index (Phi) is 4.80. The molecule has 1 aliphatic heterocycles. The Morgan fingerprint density at radius 3 is 3.00 bits per heavy atom. The van der Waals surface area contributed by atoms with Gasteiger partial charge in [-0.25, -0.2) is 0 Å². The summed E-state index contributed by atoms with van der Waals surface area (Å²) in [5.74, 6) is 2.09. The highest BCUT2D eigenvalue weighted by atomic mass is 16.3. The maximum atomic E-state index is 5.59. The van der Waals surface area contributed by atoms with Gasteiger partial charge in [-0.2, -0.15) is 0 Å². The highest BCUT2D eigenvalue weighted by Gasteiger charge is 2.17. The predicted molar refractivity (Wildman–Crippen MR) is 73.9 cm³/mol. The van der Waals surface area contributed by atoms with Crippen LogP contribution in [0.2, 0.25) is 0 Å². The highest BCUT2D eigenvalue weighted by molar-refractivity contribution is 5.05. The van der Waals surface area contributed by atoms with Crippen LogP contribution in [0.1, 0.15) is 11.5 Å². The first-order chi connectivity index (χ1) is 8.63. The molecule has 1 aromatic rings. The lowest BCUT2D eigenvalue weighted by atomic mass is 10.2. The van der Waals surface area contributed by atoms with Gasteiger partial charge in [0, 0.05) is 45.2 Å². The summed E-state index contributed by atoms with van der Waals surface area (Å²) < 4.78 is 5.59. The van der Waals surface area contributed by atoms with Crippen molar-refractivity contribution in [3.05, 3.63) is 23.7 Å². The molecule has 0 saturated carbocycles. The molecule has 1 unspecified atom stereocenters. The molecular weight excluding hydrogens is 226 g/mol. The minimum absolute atomic E-state index is 0.590. The molecule has 0 spiro atoms. The number of rotatable bonds is 5. The van der Waals surface area contributed by atoms with E-state index >= 15 is 0 Å². The molecule has 0 aromatic carbocycles. The number of likely N-dealkylation sites (N-methyl/N-ethyl adjacent to an activating group) is 2. The number of furan rings is 1. The Morgan fingerprint density at radius 2 is 2.33 bits per heavy atom. The first-order valence-corrected chi connectivity index (χ1v) is 6.79. The van der Waals surface area contributed by atoms with Gasteiger partial charge in [-0.3, -0.25) is 0 Å². The van der Waals surface area contributed by atoms with Gasteiger partial charge in [0.2, 0.25) is 0 Å². The molecule has 18 heavy (non-hydrogen) atoms. The van der Waals surface area contributed by atoms with Crippen LogP contribution in [-0.2, 0) is 6.42 Å². The Hall–Kier alpha value is -0.840. The van der Waals surface area contributed by atoms with Crippen molar-refractivity contribution in [2.45, 2.75) is 19.4 Å². The fourth-order valence-electron chi connectivity index (χ4n) is 2.50. The summed E-state index contributed by atoms with van der Waals surface area (Å²) in [4.78, 5) is 4.78. The SMILES string of the molecule is Cc1ccc(CCN(C)CC2CN(C)CCN2)o1. The van der Waals surface area contributed by atoms with Crippen LogP contribution in [0.3, 0.4) is 0 Å². The topological polar surface area (TPSA) is 31.6 Å². The lowest BCUT2D eigenvalue weighted by Crippen LogP contribution is -2.53. The minimum atomic E-state index is 0.590. The predicted octanol–water partition coefficient (Wildman–Crippen LogP) is 0.966. The standard InChI is InChI=1S/C14H25N3O/c1-12-4-5-14(18-12)6-8-16(2)10-13-11-17(3)9-7-15-13/h4-5,13,15H,6-11H2,1-3H3. The van der Waals surface area contributed by atoms with Gasteiger partial charge in [-0.15, -0.1) is 0 Å². The molecule has 2 heterocycles. The summed E-state index contributed by atoms with van der Waals surface area (Å²) in [6.07, 6.45) is 0.993. The summed E-state index contributed by atoms with van der Waals surface area (Å²) in [6, 6.07) is 4.70. The molecule has 4 heteroatoms. The van der Waals surface area contributed by atoms with Crippen molar-refractivity contribution in [3.8, 4) is 0 Å². The number of hydrogen-bond acceptors (Lipinski definition) is 4. The van der Waals surface area contributed by atoms with Gasteiger partial charge in [0.25, 0.3) is 0 Å². The van der Waals surface area contributed by atoms with Crippen molar-refractivity contribution in [2.24, 2.45) is 0 Å². The number of piperazine rings is 1. The monoisotopic (exact) mass is 251 g/mol. The van der Waals surface area contributed by atoms with E-state index in [1.54, 1.807) is 0 Å². The van der Waals surface area contributed by atoms with Gasteiger partial charge >= 0.3 is 0 Å². The third kappa shape index (κ3) is 4.12. The fraction of sp³-hybridized carbons (Fsp3) is 0.714. The molecule has 1 fully saturated rings. The van der Waals surface area contributed by atoms with E-state index in [1.807, 2.05) is 13.0 Å². The van der Waals surface area contributed by atoms with Gasteiger partial charge in [0.1, 0.15) is 11.5 Å². The van der Waals surface area contributed by atoms with Crippen LogP contribution in [0.25, 0.3) is 0 Å². The highest BCUT2D eigenvalue weighted by Crippen LogP contribution is 2.07. The van der Waals surface area contributed by atoms with Crippen molar-refractivity contribution in [2.75, 3.05) is 46.8 Å². The quantitative estimate of drug-likeness (QED) is 0.845. The van der Waals surface area contributed by atoms with E-state index in [0.29, 0.717) is 6.04 Å². The molecule has 0 radical (unpaired) electrons. The molecule has 0 amide bonds. The van der Waals surface area contributed by atoms with Gasteiger partial charge in [0.05, 0.1) is 0 Å². The van der Waals surface area contributed by atoms with Crippen LogP contribution < -0.4 is 5.32 Å². The normalized spacial score (nSPS) is 21.7. The molecule has 2 rings (SSSR count). The second-order valence-electron chi connectivity index (χ2n) is 5.44. The van der Waals surface area contributed by atoms with E-state index in [0.717, 1.165) is 50.7 Å². The molecule has 1 aromatic heterocycles. The number of nitrogens with zero attached hydrogens (tertiary/aromatic N) is 2. The maximum Gasteiger partial charge on any atom is 0.105 e. The lowest BCUT2D eigenvalue weighted by Gasteiger charge is -2.33. The molecule has 0 bridgehead atoms. The summed E-state index contributed by atoms with van der Waals surface area (Å²) in [6.45, 7) is 7.55. The molecule has 1 atom stereocenters. The zero-order chi connectivity index (χ0) is 13.0. The van der Waals surface area contributed by atoms with Crippen molar-refractivity contribution in [1.29, 1.82) is 0 Å². The Labute approximate surface area is 110 Å². The molecule has 4 nitrogen and oxygen atoms in total. The smallest absolute Gasteiger partial charge is 0.105 e. The van der Waals surface area contributed by atoms with Crippen LogP contribution in [0.15, 0.2) is 16.5 Å². The fourth-order valence-corrected chi connectivity index (χ4v) is 2.50. The molecule has 1 N–H and O–H groups in total. The number of aryl methyl sites for hydroxylation is 1. The average molecular weight is 251 g/mol. The van der Waals surface area contributed by atoms with Crippen LogP contribution in [0.5, 0.6) is 0 Å². The second kappa shape index (κ2) is 6.36. The number of nitrogens with one attached hydrogen (secondary N) is 1. The first kappa shape index (κ1) is 13.6. The van der Waals surface area contributed by atoms with Crippen molar-refractivity contribution >= 4 is 0 Å². The van der Waals surface area contributed by atoms with Crippen LogP contribution in [0.4, 0.5) is 0 Å². The van der Waals surface area contributed by atoms with Crippen molar-refractivity contribution in [1.82, 2.24) is 15.1 Å². The molecule has 0 aliphatic carbocycles. The van der Waals surface area contributed by atoms with Crippen LogP contribution in [0, 0.1) is 6.92 Å². The second-order valence-corrected chi connectivity index (χ2v) is 5.44. The minimum Gasteiger partial charge on any atom is -0.466 e. The lowest BCUT2D eigenvalue weighted by molar-refractivity contribution is 0.195. The van der Waals surface area contributed by atoms with Gasteiger partial charge < -0.3 is 19.5 Å². The van der Waals surface area contributed by atoms with Gasteiger partial charge in [0.15, 0.2) is 0 Å². The molecular formula is C14H25N3O. The van der Waals surface area contributed by atoms with Crippen LogP contribution in [-0.4, -0.2) is 62.7 Å². The maximum absolute atomic E-state index is 5.59. The Balaban J connectivity index is 1.69.